The first kappa shape index (κ1) is 24.0. The quantitative estimate of drug-likeness (QED) is 0.346. The van der Waals surface area contributed by atoms with Gasteiger partial charge in [0.25, 0.3) is 11.8 Å². The lowest BCUT2D eigenvalue weighted by Gasteiger charge is -2.12. The van der Waals surface area contributed by atoms with Gasteiger partial charge in [-0.25, -0.2) is 9.78 Å². The molecule has 2 N–H and O–H groups in total. The highest BCUT2D eigenvalue weighted by atomic mass is 16.5. The molecule has 1 aromatic heterocycles. The Balaban J connectivity index is 1.32. The number of hydrogen-bond acceptors (Lipinski definition) is 6. The lowest BCUT2D eigenvalue weighted by atomic mass is 10.0. The maximum absolute atomic E-state index is 13.1. The van der Waals surface area contributed by atoms with Gasteiger partial charge in [-0.05, 0) is 61.4 Å². The number of benzene rings is 3. The number of fused-ring (bicyclic) bond motifs is 1. The molecule has 3 aromatic carbocycles. The Hall–Kier alpha value is -4.72. The van der Waals surface area contributed by atoms with Gasteiger partial charge in [0.15, 0.2) is 6.61 Å². The standard InChI is InChI=1S/C29H25N3O5/c1-36-20-14-10-18(11-15-20)26-16-23(21-6-2-4-8-24(21)31-26)29(35)37-17-27(33)32-25-9-5-3-7-22(25)28(34)30-19-12-13-19/h2-11,14-16,19H,12-13,17H2,1H3,(H,30,34)(H,32,33). The monoisotopic (exact) mass is 495 g/mol. The van der Waals surface area contributed by atoms with Crippen LogP contribution in [0.4, 0.5) is 5.69 Å². The summed E-state index contributed by atoms with van der Waals surface area (Å²) in [4.78, 5) is 42.9. The number of ether oxygens (including phenoxy) is 2. The van der Waals surface area contributed by atoms with Gasteiger partial charge >= 0.3 is 5.97 Å². The van der Waals surface area contributed by atoms with Gasteiger partial charge in [-0.2, -0.15) is 0 Å². The van der Waals surface area contributed by atoms with Gasteiger partial charge in [0.05, 0.1) is 35.1 Å². The summed E-state index contributed by atoms with van der Waals surface area (Å²) >= 11 is 0. The fourth-order valence-corrected chi connectivity index (χ4v) is 3.93. The number of carbonyl (C=O) groups is 3. The normalized spacial score (nSPS) is 12.6. The molecule has 2 amide bonds. The first-order valence-electron chi connectivity index (χ1n) is 11.9. The van der Waals surface area contributed by atoms with Gasteiger partial charge in [-0.1, -0.05) is 30.3 Å². The van der Waals surface area contributed by atoms with Crippen LogP contribution in [0, 0.1) is 0 Å². The van der Waals surface area contributed by atoms with E-state index >= 15 is 0 Å². The van der Waals surface area contributed by atoms with Crippen molar-refractivity contribution in [1.82, 2.24) is 10.3 Å². The van der Waals surface area contributed by atoms with Gasteiger partial charge in [0.1, 0.15) is 5.75 Å². The Labute approximate surface area is 213 Å². The van der Waals surface area contributed by atoms with Gasteiger partial charge in [0.2, 0.25) is 0 Å². The predicted octanol–water partition coefficient (Wildman–Crippen LogP) is 4.60. The number of nitrogens with one attached hydrogen (secondary N) is 2. The number of carbonyl (C=O) groups excluding carboxylic acids is 3. The number of aromatic nitrogens is 1. The minimum atomic E-state index is -0.650. The number of amides is 2. The molecule has 37 heavy (non-hydrogen) atoms. The van der Waals surface area contributed by atoms with E-state index in [2.05, 4.69) is 15.6 Å². The van der Waals surface area contributed by atoms with Gasteiger partial charge in [-0.3, -0.25) is 9.59 Å². The zero-order valence-electron chi connectivity index (χ0n) is 20.2. The summed E-state index contributed by atoms with van der Waals surface area (Å²) in [7, 11) is 1.59. The van der Waals surface area contributed by atoms with Crippen molar-refractivity contribution in [1.29, 1.82) is 0 Å². The molecule has 4 aromatic rings. The van der Waals surface area contributed by atoms with E-state index in [4.69, 9.17) is 9.47 Å². The van der Waals surface area contributed by atoms with Crippen LogP contribution in [0.2, 0.25) is 0 Å². The van der Waals surface area contributed by atoms with Crippen molar-refractivity contribution in [2.75, 3.05) is 19.0 Å². The van der Waals surface area contributed by atoms with Crippen LogP contribution in [0.15, 0.2) is 78.9 Å². The van der Waals surface area contributed by atoms with E-state index in [1.807, 2.05) is 42.5 Å². The predicted molar refractivity (Wildman–Crippen MR) is 140 cm³/mol. The second kappa shape index (κ2) is 10.5. The highest BCUT2D eigenvalue weighted by Crippen LogP contribution is 2.27. The first-order chi connectivity index (χ1) is 18.0. The maximum atomic E-state index is 13.1. The Morgan fingerprint density at radius 1 is 0.919 bits per heavy atom. The van der Waals surface area contributed by atoms with E-state index in [0.717, 1.165) is 18.4 Å². The first-order valence-corrected chi connectivity index (χ1v) is 11.9. The van der Waals surface area contributed by atoms with Gasteiger partial charge in [0, 0.05) is 17.0 Å². The van der Waals surface area contributed by atoms with E-state index in [1.54, 1.807) is 43.5 Å². The van der Waals surface area contributed by atoms with Crippen molar-refractivity contribution >= 4 is 34.4 Å². The van der Waals surface area contributed by atoms with Crippen LogP contribution in [-0.4, -0.2) is 42.5 Å². The van der Waals surface area contributed by atoms with Gasteiger partial charge < -0.3 is 20.1 Å². The van der Waals surface area contributed by atoms with Crippen LogP contribution < -0.4 is 15.4 Å². The minimum Gasteiger partial charge on any atom is -0.497 e. The zero-order valence-corrected chi connectivity index (χ0v) is 20.2. The molecule has 1 heterocycles. The van der Waals surface area contributed by atoms with Crippen LogP contribution in [0.3, 0.4) is 0 Å². The molecule has 0 saturated heterocycles. The van der Waals surface area contributed by atoms with E-state index in [1.165, 1.54) is 0 Å². The van der Waals surface area contributed by atoms with E-state index < -0.39 is 18.5 Å². The fraction of sp³-hybridized carbons (Fsp3) is 0.172. The lowest BCUT2D eigenvalue weighted by Crippen LogP contribution is -2.28. The third-order valence-corrected chi connectivity index (χ3v) is 6.01. The molecule has 0 unspecified atom stereocenters. The second-order valence-electron chi connectivity index (χ2n) is 8.72. The van der Waals surface area contributed by atoms with Crippen molar-refractivity contribution in [3.63, 3.8) is 0 Å². The summed E-state index contributed by atoms with van der Waals surface area (Å²) in [6, 6.07) is 23.2. The van der Waals surface area contributed by atoms with Crippen molar-refractivity contribution in [2.24, 2.45) is 0 Å². The van der Waals surface area contributed by atoms with Crippen molar-refractivity contribution in [2.45, 2.75) is 18.9 Å². The maximum Gasteiger partial charge on any atom is 0.339 e. The van der Waals surface area contributed by atoms with Crippen LogP contribution in [0.5, 0.6) is 5.75 Å². The van der Waals surface area contributed by atoms with Crippen molar-refractivity contribution in [3.05, 3.63) is 90.0 Å². The Morgan fingerprint density at radius 2 is 1.65 bits per heavy atom. The van der Waals surface area contributed by atoms with Crippen LogP contribution >= 0.6 is 0 Å². The molecule has 1 fully saturated rings. The summed E-state index contributed by atoms with van der Waals surface area (Å²) in [5, 5.41) is 6.20. The average Bonchev–Trinajstić information content (AvgIpc) is 3.75. The number of anilines is 1. The topological polar surface area (TPSA) is 107 Å². The number of methoxy groups -OCH3 is 1. The average molecular weight is 496 g/mol. The number of para-hydroxylation sites is 2. The third kappa shape index (κ3) is 5.59. The molecular formula is C29H25N3O5. The molecule has 5 rings (SSSR count). The van der Waals surface area contributed by atoms with Crippen LogP contribution in [0.1, 0.15) is 33.6 Å². The molecule has 186 valence electrons. The van der Waals surface area contributed by atoms with E-state index in [9.17, 15) is 14.4 Å². The number of rotatable bonds is 8. The molecule has 0 spiro atoms. The SMILES string of the molecule is COc1ccc(-c2cc(C(=O)OCC(=O)Nc3ccccc3C(=O)NC3CC3)c3ccccc3n2)cc1. The number of esters is 1. The number of pyridine rings is 1. The summed E-state index contributed by atoms with van der Waals surface area (Å²) in [6.07, 6.45) is 1.92. The van der Waals surface area contributed by atoms with Crippen molar-refractivity contribution in [3.8, 4) is 17.0 Å². The zero-order chi connectivity index (χ0) is 25.8. The summed E-state index contributed by atoms with van der Waals surface area (Å²) in [5.41, 5.74) is 3.04. The number of nitrogens with zero attached hydrogens (tertiary/aromatic N) is 1. The summed E-state index contributed by atoms with van der Waals surface area (Å²) < 4.78 is 10.6. The summed E-state index contributed by atoms with van der Waals surface area (Å²) in [6.45, 7) is -0.508. The molecule has 1 aliphatic rings. The molecule has 0 radical (unpaired) electrons. The molecule has 0 aliphatic heterocycles. The molecule has 0 atom stereocenters. The molecule has 0 bridgehead atoms. The second-order valence-corrected chi connectivity index (χ2v) is 8.72. The van der Waals surface area contributed by atoms with Crippen LogP contribution in [0.25, 0.3) is 22.2 Å². The molecule has 1 saturated carbocycles. The largest absolute Gasteiger partial charge is 0.497 e. The Kier molecular flexibility index (Phi) is 6.81. The lowest BCUT2D eigenvalue weighted by molar-refractivity contribution is -0.119. The minimum absolute atomic E-state index is 0.190. The fourth-order valence-electron chi connectivity index (χ4n) is 3.93. The molecule has 8 nitrogen and oxygen atoms in total. The smallest absolute Gasteiger partial charge is 0.339 e. The van der Waals surface area contributed by atoms with E-state index in [-0.39, 0.29) is 11.9 Å². The Morgan fingerprint density at radius 3 is 2.41 bits per heavy atom. The molecule has 1 aliphatic carbocycles. The number of hydrogen-bond donors (Lipinski definition) is 2. The van der Waals surface area contributed by atoms with E-state index in [0.29, 0.717) is 39.2 Å². The molecular weight excluding hydrogens is 470 g/mol. The van der Waals surface area contributed by atoms with Crippen molar-refractivity contribution < 1.29 is 23.9 Å². The molecule has 8 heteroatoms. The van der Waals surface area contributed by atoms with Gasteiger partial charge in [-0.15, -0.1) is 0 Å². The highest BCUT2D eigenvalue weighted by Gasteiger charge is 2.25. The Bertz CT molecular complexity index is 1480. The summed E-state index contributed by atoms with van der Waals surface area (Å²) in [5.74, 6) is -0.733. The van der Waals surface area contributed by atoms with Crippen LogP contribution in [-0.2, 0) is 9.53 Å². The third-order valence-electron chi connectivity index (χ3n) is 6.01. The highest BCUT2D eigenvalue weighted by molar-refractivity contribution is 6.07.